The monoisotopic (exact) mass is 464 g/mol. The highest BCUT2D eigenvalue weighted by Gasteiger charge is 2.51. The highest BCUT2D eigenvalue weighted by atomic mass is 32.2. The van der Waals surface area contributed by atoms with E-state index >= 15 is 0 Å². The van der Waals surface area contributed by atoms with E-state index in [1.54, 1.807) is 6.92 Å². The maximum Gasteiger partial charge on any atom is 0.421 e. The van der Waals surface area contributed by atoms with E-state index in [4.69, 9.17) is 0 Å². The molecule has 11 heteroatoms. The number of carbonyl (C=O) groups is 1. The van der Waals surface area contributed by atoms with Gasteiger partial charge >= 0.3 is 12.1 Å². The number of sulfonamides is 1. The average Bonchev–Trinajstić information content (AvgIpc) is 2.63. The minimum Gasteiger partial charge on any atom is -0.481 e. The first kappa shape index (κ1) is 24.0. The van der Waals surface area contributed by atoms with Gasteiger partial charge in [0.15, 0.2) is 5.60 Å². The minimum absolute atomic E-state index is 0.154. The number of rotatable bonds is 6. The van der Waals surface area contributed by atoms with Crippen molar-refractivity contribution in [3.8, 4) is 0 Å². The second-order valence-corrected chi connectivity index (χ2v) is 10.6. The molecule has 1 aliphatic heterocycles. The SMILES string of the molecule is C[C@@H]1CN(CC2(C(=O)O)CCC2)CCN1S(=O)(=O)c1ccc(C(C)(O)C(F)(F)F)cc1. The molecule has 0 radical (unpaired) electrons. The van der Waals surface area contributed by atoms with Gasteiger partial charge in [-0.3, -0.25) is 9.69 Å². The zero-order valence-corrected chi connectivity index (χ0v) is 18.2. The van der Waals surface area contributed by atoms with Gasteiger partial charge in [-0.05, 0) is 44.4 Å². The van der Waals surface area contributed by atoms with Crippen LogP contribution in [0.5, 0.6) is 0 Å². The van der Waals surface area contributed by atoms with Gasteiger partial charge in [0, 0.05) is 32.2 Å². The molecule has 2 aliphatic rings. The number of aliphatic carboxylic acids is 1. The molecule has 1 saturated heterocycles. The van der Waals surface area contributed by atoms with E-state index in [1.807, 2.05) is 4.90 Å². The number of alkyl halides is 3. The smallest absolute Gasteiger partial charge is 0.421 e. The Kier molecular flexibility index (Phi) is 6.20. The molecule has 0 spiro atoms. The molecule has 1 heterocycles. The van der Waals surface area contributed by atoms with Gasteiger partial charge in [0.1, 0.15) is 0 Å². The second kappa shape index (κ2) is 8.02. The maximum atomic E-state index is 13.1. The molecule has 3 rings (SSSR count). The van der Waals surface area contributed by atoms with Crippen LogP contribution in [0.3, 0.4) is 0 Å². The van der Waals surface area contributed by atoms with Crippen LogP contribution in [0.15, 0.2) is 29.2 Å². The van der Waals surface area contributed by atoms with Gasteiger partial charge in [-0.1, -0.05) is 18.6 Å². The van der Waals surface area contributed by atoms with Crippen molar-refractivity contribution in [1.82, 2.24) is 9.21 Å². The van der Waals surface area contributed by atoms with Crippen molar-refractivity contribution >= 4 is 16.0 Å². The number of hydrogen-bond donors (Lipinski definition) is 2. The third-order valence-electron chi connectivity index (χ3n) is 6.52. The Hall–Kier alpha value is -1.69. The molecule has 1 aliphatic carbocycles. The molecule has 2 N–H and O–H groups in total. The first-order valence-electron chi connectivity index (χ1n) is 10.1. The number of hydrogen-bond acceptors (Lipinski definition) is 5. The van der Waals surface area contributed by atoms with Crippen molar-refractivity contribution in [2.75, 3.05) is 26.2 Å². The van der Waals surface area contributed by atoms with Crippen molar-refractivity contribution in [1.29, 1.82) is 0 Å². The molecule has 0 aromatic heterocycles. The van der Waals surface area contributed by atoms with Gasteiger partial charge in [0.2, 0.25) is 10.0 Å². The van der Waals surface area contributed by atoms with E-state index in [0.29, 0.717) is 39.4 Å². The molecule has 1 saturated carbocycles. The highest BCUT2D eigenvalue weighted by molar-refractivity contribution is 7.89. The number of benzene rings is 1. The van der Waals surface area contributed by atoms with Crippen LogP contribution in [0, 0.1) is 5.41 Å². The quantitative estimate of drug-likeness (QED) is 0.671. The van der Waals surface area contributed by atoms with Gasteiger partial charge in [-0.2, -0.15) is 17.5 Å². The van der Waals surface area contributed by atoms with Crippen molar-refractivity contribution in [3.63, 3.8) is 0 Å². The maximum absolute atomic E-state index is 13.1. The molecule has 0 amide bonds. The number of aliphatic hydroxyl groups is 1. The molecule has 31 heavy (non-hydrogen) atoms. The summed E-state index contributed by atoms with van der Waals surface area (Å²) in [7, 11) is -3.96. The fourth-order valence-corrected chi connectivity index (χ4v) is 5.85. The lowest BCUT2D eigenvalue weighted by atomic mass is 9.68. The average molecular weight is 465 g/mol. The first-order valence-corrected chi connectivity index (χ1v) is 11.5. The first-order chi connectivity index (χ1) is 14.2. The molecule has 0 bridgehead atoms. The summed E-state index contributed by atoms with van der Waals surface area (Å²) in [5.74, 6) is -0.823. The molecule has 1 aromatic carbocycles. The zero-order chi connectivity index (χ0) is 23.2. The summed E-state index contributed by atoms with van der Waals surface area (Å²) >= 11 is 0. The highest BCUT2D eigenvalue weighted by Crippen LogP contribution is 2.42. The fraction of sp³-hybridized carbons (Fsp3) is 0.650. The zero-order valence-electron chi connectivity index (χ0n) is 17.4. The summed E-state index contributed by atoms with van der Waals surface area (Å²) in [5, 5.41) is 19.3. The van der Waals surface area contributed by atoms with Gasteiger partial charge in [-0.25, -0.2) is 8.42 Å². The van der Waals surface area contributed by atoms with Gasteiger partial charge in [-0.15, -0.1) is 0 Å². The summed E-state index contributed by atoms with van der Waals surface area (Å²) in [4.78, 5) is 13.4. The van der Waals surface area contributed by atoms with E-state index in [2.05, 4.69) is 0 Å². The fourth-order valence-electron chi connectivity index (χ4n) is 4.24. The van der Waals surface area contributed by atoms with Crippen LogP contribution in [-0.4, -0.2) is 72.2 Å². The number of nitrogens with zero attached hydrogens (tertiary/aromatic N) is 2. The van der Waals surface area contributed by atoms with E-state index in [9.17, 15) is 36.6 Å². The van der Waals surface area contributed by atoms with Crippen LogP contribution < -0.4 is 0 Å². The number of piperazine rings is 1. The molecule has 2 fully saturated rings. The normalized spacial score (nSPS) is 24.9. The predicted molar refractivity (Wildman–Crippen MR) is 106 cm³/mol. The molecule has 1 unspecified atom stereocenters. The predicted octanol–water partition coefficient (Wildman–Crippen LogP) is 2.41. The third-order valence-corrected chi connectivity index (χ3v) is 8.54. The number of carboxylic acids is 1. The van der Waals surface area contributed by atoms with Crippen LogP contribution in [0.2, 0.25) is 0 Å². The second-order valence-electron chi connectivity index (χ2n) is 8.73. The van der Waals surface area contributed by atoms with Crippen molar-refractivity contribution in [2.45, 2.75) is 55.8 Å². The Morgan fingerprint density at radius 1 is 1.19 bits per heavy atom. The standard InChI is InChI=1S/C20H27F3N2O5S/c1-14-12-24(13-19(17(26)27)8-3-9-19)10-11-25(14)31(29,30)16-6-4-15(5-7-16)18(2,28)20(21,22)23/h4-7,14,28H,3,8-13H2,1-2H3,(H,26,27)/t14-,18?/m1/s1. The minimum atomic E-state index is -4.90. The van der Waals surface area contributed by atoms with Crippen LogP contribution in [0.4, 0.5) is 13.2 Å². The summed E-state index contributed by atoms with van der Waals surface area (Å²) in [6.07, 6.45) is -2.80. The van der Waals surface area contributed by atoms with Gasteiger partial charge in [0.05, 0.1) is 10.3 Å². The number of carboxylic acid groups (broad SMARTS) is 1. The topological polar surface area (TPSA) is 98.2 Å². The molecule has 174 valence electrons. The molecule has 7 nitrogen and oxygen atoms in total. The Morgan fingerprint density at radius 3 is 2.19 bits per heavy atom. The lowest BCUT2D eigenvalue weighted by Gasteiger charge is -2.45. The molecule has 1 aromatic rings. The third kappa shape index (κ3) is 4.33. The van der Waals surface area contributed by atoms with E-state index in [0.717, 1.165) is 30.7 Å². The van der Waals surface area contributed by atoms with Crippen molar-refractivity contribution in [2.24, 2.45) is 5.41 Å². The largest absolute Gasteiger partial charge is 0.481 e. The Labute approximate surface area is 179 Å². The van der Waals surface area contributed by atoms with Crippen LogP contribution in [-0.2, 0) is 20.4 Å². The summed E-state index contributed by atoms with van der Waals surface area (Å²) in [5.41, 5.74) is -4.29. The number of halogens is 3. The van der Waals surface area contributed by atoms with E-state index < -0.39 is 44.8 Å². The molecule has 2 atom stereocenters. The van der Waals surface area contributed by atoms with E-state index in [1.165, 1.54) is 4.31 Å². The van der Waals surface area contributed by atoms with Crippen molar-refractivity contribution in [3.05, 3.63) is 29.8 Å². The van der Waals surface area contributed by atoms with Gasteiger partial charge < -0.3 is 10.2 Å². The lowest BCUT2D eigenvalue weighted by molar-refractivity contribution is -0.258. The van der Waals surface area contributed by atoms with Crippen molar-refractivity contribution < 1.29 is 36.6 Å². The lowest BCUT2D eigenvalue weighted by Crippen LogP contribution is -2.57. The van der Waals surface area contributed by atoms with Gasteiger partial charge in [0.25, 0.3) is 0 Å². The molecular formula is C20H27F3N2O5S. The summed E-state index contributed by atoms with van der Waals surface area (Å²) in [6, 6.07) is 3.64. The summed E-state index contributed by atoms with van der Waals surface area (Å²) < 4.78 is 66.4. The Balaban J connectivity index is 1.72. The molecular weight excluding hydrogens is 437 g/mol. The Bertz CT molecular complexity index is 927. The van der Waals surface area contributed by atoms with Crippen LogP contribution in [0.25, 0.3) is 0 Å². The van der Waals surface area contributed by atoms with Crippen LogP contribution in [0.1, 0.15) is 38.7 Å². The van der Waals surface area contributed by atoms with E-state index in [-0.39, 0.29) is 11.4 Å². The summed E-state index contributed by atoms with van der Waals surface area (Å²) in [6.45, 7) is 3.61. The Morgan fingerprint density at radius 2 is 1.77 bits per heavy atom. The van der Waals surface area contributed by atoms with Crippen LogP contribution >= 0.6 is 0 Å².